The minimum Gasteiger partial charge on any atom is -0.493 e. The number of carbonyl (C=O) groups is 2. The zero-order valence-corrected chi connectivity index (χ0v) is 20.2. The zero-order valence-electron chi connectivity index (χ0n) is 19.4. The summed E-state index contributed by atoms with van der Waals surface area (Å²) in [5.74, 6) is 0.183. The molecule has 0 bridgehead atoms. The van der Waals surface area contributed by atoms with Crippen LogP contribution in [-0.2, 0) is 9.59 Å². The molecule has 1 saturated carbocycles. The molecule has 1 amide bonds. The summed E-state index contributed by atoms with van der Waals surface area (Å²) in [6.45, 7) is 1.79. The number of hydrogen-bond donors (Lipinski definition) is 2. The second-order valence-corrected chi connectivity index (χ2v) is 9.75. The lowest BCUT2D eigenvalue weighted by Crippen LogP contribution is -2.48. The van der Waals surface area contributed by atoms with Crippen molar-refractivity contribution in [1.82, 2.24) is 4.90 Å². The van der Waals surface area contributed by atoms with Crippen molar-refractivity contribution in [3.05, 3.63) is 59.0 Å². The molecule has 180 valence electrons. The van der Waals surface area contributed by atoms with Crippen LogP contribution in [0.3, 0.4) is 0 Å². The first kappa shape index (κ1) is 24.0. The minimum absolute atomic E-state index is 0.0300. The monoisotopic (exact) mass is 482 g/mol. The van der Waals surface area contributed by atoms with Gasteiger partial charge in [0.2, 0.25) is 0 Å². The molecule has 1 aliphatic carbocycles. The zero-order chi connectivity index (χ0) is 24.1. The molecule has 2 aliphatic rings. The molecule has 7 nitrogen and oxygen atoms in total. The van der Waals surface area contributed by atoms with Crippen LogP contribution < -0.4 is 14.8 Å². The van der Waals surface area contributed by atoms with Crippen LogP contribution in [0.1, 0.15) is 38.2 Å². The molecule has 0 spiro atoms. The molecule has 1 saturated heterocycles. The van der Waals surface area contributed by atoms with Gasteiger partial charge in [-0.2, -0.15) is 0 Å². The molecule has 3 atom stereocenters. The van der Waals surface area contributed by atoms with Crippen LogP contribution in [0.2, 0.25) is 0 Å². The Morgan fingerprint density at radius 3 is 2.65 bits per heavy atom. The van der Waals surface area contributed by atoms with Crippen molar-refractivity contribution in [1.29, 1.82) is 0 Å². The number of benzene rings is 2. The van der Waals surface area contributed by atoms with E-state index in [4.69, 9.17) is 14.6 Å². The Kier molecular flexibility index (Phi) is 7.67. The number of ether oxygens (including phenoxy) is 2. The highest BCUT2D eigenvalue weighted by Crippen LogP contribution is 2.42. The quantitative estimate of drug-likeness (QED) is 0.509. The fourth-order valence-corrected chi connectivity index (χ4v) is 5.76. The summed E-state index contributed by atoms with van der Waals surface area (Å²) in [6, 6.07) is 15.4. The number of methoxy groups -OCH3 is 1. The highest BCUT2D eigenvalue weighted by atomic mass is 32.2. The molecule has 4 rings (SSSR count). The number of aliphatic carboxylic acids is 1. The van der Waals surface area contributed by atoms with Crippen LogP contribution in [-0.4, -0.2) is 47.1 Å². The summed E-state index contributed by atoms with van der Waals surface area (Å²) in [7, 11) is 1.50. The summed E-state index contributed by atoms with van der Waals surface area (Å²) >= 11 is 1.52. The van der Waals surface area contributed by atoms with E-state index in [-0.39, 0.29) is 17.4 Å². The van der Waals surface area contributed by atoms with Gasteiger partial charge in [-0.25, -0.2) is 4.79 Å². The van der Waals surface area contributed by atoms with Crippen LogP contribution in [0.5, 0.6) is 11.5 Å². The SMILES string of the molecule is COc1cc(/C=C2\SC(Nc3ccccc3)N([C@H]3CCCC[C@@H]3C)C2=O)ccc1OCC(=O)O. The standard InChI is InChI=1S/C26H30N2O5S/c1-17-8-6-7-11-20(17)28-25(31)23(34-26(28)27-19-9-4-3-5-10-19)15-18-12-13-21(22(14-18)32-2)33-16-24(29)30/h3-5,9-10,12-15,17,20,26-27H,6-8,11,16H2,1-2H3,(H,29,30)/b23-15-/t17-,20-,26?/m0/s1. The van der Waals surface area contributed by atoms with Crippen LogP contribution in [0.4, 0.5) is 5.69 Å². The van der Waals surface area contributed by atoms with Gasteiger partial charge >= 0.3 is 5.97 Å². The Labute approximate surface area is 204 Å². The summed E-state index contributed by atoms with van der Waals surface area (Å²) < 4.78 is 10.7. The molecule has 0 radical (unpaired) electrons. The van der Waals surface area contributed by atoms with Gasteiger partial charge in [0.1, 0.15) is 0 Å². The molecular weight excluding hydrogens is 452 g/mol. The first-order chi connectivity index (χ1) is 16.5. The average Bonchev–Trinajstić information content (AvgIpc) is 3.13. The number of carboxylic acid groups (broad SMARTS) is 1. The lowest BCUT2D eigenvalue weighted by Gasteiger charge is -2.39. The average molecular weight is 483 g/mol. The third kappa shape index (κ3) is 5.50. The number of thioether (sulfide) groups is 1. The van der Waals surface area contributed by atoms with E-state index < -0.39 is 12.6 Å². The molecule has 1 unspecified atom stereocenters. The maximum absolute atomic E-state index is 13.6. The van der Waals surface area contributed by atoms with Crippen molar-refractivity contribution in [2.24, 2.45) is 5.92 Å². The van der Waals surface area contributed by atoms with E-state index in [1.54, 1.807) is 18.2 Å². The third-order valence-electron chi connectivity index (χ3n) is 6.26. The molecule has 2 fully saturated rings. The van der Waals surface area contributed by atoms with Crippen molar-refractivity contribution in [2.45, 2.75) is 44.1 Å². The lowest BCUT2D eigenvalue weighted by molar-refractivity contribution is -0.139. The van der Waals surface area contributed by atoms with Crippen molar-refractivity contribution >= 4 is 35.4 Å². The molecular formula is C26H30N2O5S. The van der Waals surface area contributed by atoms with Crippen molar-refractivity contribution in [2.75, 3.05) is 19.0 Å². The van der Waals surface area contributed by atoms with Gasteiger partial charge in [-0.15, -0.1) is 0 Å². The van der Waals surface area contributed by atoms with Crippen molar-refractivity contribution in [3.8, 4) is 11.5 Å². The first-order valence-corrected chi connectivity index (χ1v) is 12.4. The van der Waals surface area contributed by atoms with Crippen LogP contribution in [0.25, 0.3) is 6.08 Å². The van der Waals surface area contributed by atoms with Crippen molar-refractivity contribution in [3.63, 3.8) is 0 Å². The minimum atomic E-state index is -1.06. The van der Waals surface area contributed by atoms with Crippen LogP contribution in [0, 0.1) is 5.92 Å². The molecule has 34 heavy (non-hydrogen) atoms. The molecule has 1 heterocycles. The number of rotatable bonds is 8. The Hall–Kier alpha value is -3.13. The molecule has 2 aromatic carbocycles. The molecule has 0 aromatic heterocycles. The highest BCUT2D eigenvalue weighted by molar-refractivity contribution is 8.05. The summed E-state index contributed by atoms with van der Waals surface area (Å²) in [5.41, 5.74) is 1.57. The van der Waals surface area contributed by atoms with Crippen LogP contribution in [0.15, 0.2) is 53.4 Å². The van der Waals surface area contributed by atoms with Gasteiger partial charge in [0.25, 0.3) is 5.91 Å². The fraction of sp³-hybridized carbons (Fsp3) is 0.385. The smallest absolute Gasteiger partial charge is 0.341 e. The number of hydrogen-bond acceptors (Lipinski definition) is 6. The van der Waals surface area contributed by atoms with E-state index in [9.17, 15) is 9.59 Å². The number of anilines is 1. The van der Waals surface area contributed by atoms with Gasteiger partial charge in [-0.1, -0.05) is 55.8 Å². The Bertz CT molecular complexity index is 1060. The van der Waals surface area contributed by atoms with E-state index in [0.717, 1.165) is 30.5 Å². The number of nitrogens with one attached hydrogen (secondary N) is 1. The normalized spacial score (nSPS) is 23.7. The van der Waals surface area contributed by atoms with Gasteiger partial charge in [0.05, 0.1) is 12.0 Å². The van der Waals surface area contributed by atoms with Gasteiger partial charge in [-0.05, 0) is 54.7 Å². The Morgan fingerprint density at radius 1 is 1.18 bits per heavy atom. The number of nitrogens with zero attached hydrogens (tertiary/aromatic N) is 1. The maximum Gasteiger partial charge on any atom is 0.341 e. The van der Waals surface area contributed by atoms with Crippen LogP contribution >= 0.6 is 11.8 Å². The number of para-hydroxylation sites is 1. The molecule has 8 heteroatoms. The van der Waals surface area contributed by atoms with E-state index in [1.807, 2.05) is 41.3 Å². The second-order valence-electron chi connectivity index (χ2n) is 8.62. The molecule has 2 N–H and O–H groups in total. The predicted molar refractivity (Wildman–Crippen MR) is 134 cm³/mol. The molecule has 1 aliphatic heterocycles. The summed E-state index contributed by atoms with van der Waals surface area (Å²) in [6.07, 6.45) is 6.35. The Morgan fingerprint density at radius 2 is 1.94 bits per heavy atom. The second kappa shape index (κ2) is 10.9. The van der Waals surface area contributed by atoms with E-state index in [1.165, 1.54) is 25.3 Å². The van der Waals surface area contributed by atoms with E-state index >= 15 is 0 Å². The number of amides is 1. The summed E-state index contributed by atoms with van der Waals surface area (Å²) in [4.78, 5) is 27.1. The first-order valence-electron chi connectivity index (χ1n) is 11.5. The maximum atomic E-state index is 13.6. The summed E-state index contributed by atoms with van der Waals surface area (Å²) in [5, 5.41) is 12.4. The predicted octanol–water partition coefficient (Wildman–Crippen LogP) is 5.05. The van der Waals surface area contributed by atoms with Gasteiger partial charge in [0, 0.05) is 11.7 Å². The van der Waals surface area contributed by atoms with Gasteiger partial charge in [0.15, 0.2) is 23.6 Å². The van der Waals surface area contributed by atoms with Crippen molar-refractivity contribution < 1.29 is 24.2 Å². The van der Waals surface area contributed by atoms with Gasteiger partial charge < -0.3 is 24.8 Å². The number of carbonyl (C=O) groups excluding carboxylic acids is 1. The topological polar surface area (TPSA) is 88.1 Å². The molecule has 2 aromatic rings. The lowest BCUT2D eigenvalue weighted by atomic mass is 9.85. The van der Waals surface area contributed by atoms with Gasteiger partial charge in [-0.3, -0.25) is 4.79 Å². The van der Waals surface area contributed by atoms with E-state index in [2.05, 4.69) is 12.2 Å². The Balaban J connectivity index is 1.61. The largest absolute Gasteiger partial charge is 0.493 e. The number of carboxylic acids is 1. The fourth-order valence-electron chi connectivity index (χ4n) is 4.55. The van der Waals surface area contributed by atoms with E-state index in [0.29, 0.717) is 22.3 Å². The highest BCUT2D eigenvalue weighted by Gasteiger charge is 2.42. The third-order valence-corrected chi connectivity index (χ3v) is 7.38.